The summed E-state index contributed by atoms with van der Waals surface area (Å²) in [6, 6.07) is 5.63. The monoisotopic (exact) mass is 364 g/mol. The maximum atomic E-state index is 12.0. The first kappa shape index (κ1) is 19.6. The molecule has 0 unspecified atom stereocenters. The molecule has 10 nitrogen and oxygen atoms in total. The van der Waals surface area contributed by atoms with Gasteiger partial charge in [0.15, 0.2) is 5.65 Å². The molecular formula is C15H13N6NaO4. The number of amides is 1. The number of fused-ring (bicyclic) bond motifs is 1. The van der Waals surface area contributed by atoms with Crippen LogP contribution in [0, 0.1) is 0 Å². The third-order valence-electron chi connectivity index (χ3n) is 3.50. The van der Waals surface area contributed by atoms with Gasteiger partial charge in [0.05, 0.1) is 12.2 Å². The van der Waals surface area contributed by atoms with E-state index < -0.39 is 11.7 Å². The molecule has 0 radical (unpaired) electrons. The number of carboxylic acid groups (broad SMARTS) is 1. The van der Waals surface area contributed by atoms with Crippen LogP contribution in [0.4, 0.5) is 11.6 Å². The van der Waals surface area contributed by atoms with Crippen LogP contribution in [0.1, 0.15) is 22.3 Å². The van der Waals surface area contributed by atoms with Gasteiger partial charge < -0.3 is 21.0 Å². The number of aromatic carboxylic acids is 1. The van der Waals surface area contributed by atoms with Crippen LogP contribution in [0.3, 0.4) is 0 Å². The number of carbonyl (C=O) groups excluding carboxylic acids is 2. The van der Waals surface area contributed by atoms with Crippen molar-refractivity contribution < 1.29 is 44.3 Å². The molecule has 0 saturated heterocycles. The number of hydrogen-bond donors (Lipinski definition) is 3. The van der Waals surface area contributed by atoms with Gasteiger partial charge in [-0.15, -0.1) is 0 Å². The number of benzene rings is 1. The molecule has 0 fully saturated rings. The molecule has 0 saturated carbocycles. The minimum Gasteiger partial charge on any atom is -0.545 e. The van der Waals surface area contributed by atoms with Gasteiger partial charge in [0.25, 0.3) is 0 Å². The summed E-state index contributed by atoms with van der Waals surface area (Å²) in [7, 11) is 0. The number of anilines is 2. The van der Waals surface area contributed by atoms with Crippen molar-refractivity contribution in [1.29, 1.82) is 0 Å². The number of H-pyrrole nitrogens is 1. The number of hydrogen-bond acceptors (Lipinski definition) is 7. The van der Waals surface area contributed by atoms with Gasteiger partial charge in [0.2, 0.25) is 11.9 Å². The molecule has 0 atom stereocenters. The number of aryl methyl sites for hydroxylation is 1. The largest absolute Gasteiger partial charge is 1.00 e. The molecule has 128 valence electrons. The van der Waals surface area contributed by atoms with E-state index in [0.29, 0.717) is 23.3 Å². The minimum absolute atomic E-state index is 0. The zero-order valence-electron chi connectivity index (χ0n) is 13.9. The Morgan fingerprint density at radius 2 is 1.96 bits per heavy atom. The van der Waals surface area contributed by atoms with Crippen molar-refractivity contribution in [2.45, 2.75) is 12.8 Å². The van der Waals surface area contributed by atoms with E-state index in [-0.39, 0.29) is 53.4 Å². The van der Waals surface area contributed by atoms with E-state index in [9.17, 15) is 19.5 Å². The second-order valence-electron chi connectivity index (χ2n) is 5.25. The van der Waals surface area contributed by atoms with E-state index in [1.54, 1.807) is 0 Å². The Kier molecular flexibility index (Phi) is 6.14. The van der Waals surface area contributed by atoms with Crippen LogP contribution in [0.5, 0.6) is 0 Å². The second kappa shape index (κ2) is 8.13. The molecule has 0 spiro atoms. The average molecular weight is 364 g/mol. The zero-order chi connectivity index (χ0) is 18.0. The van der Waals surface area contributed by atoms with Crippen molar-refractivity contribution >= 4 is 29.2 Å². The fourth-order valence-electron chi connectivity index (χ4n) is 2.29. The molecule has 1 aromatic carbocycles. The standard InChI is InChI=1S/C15H14N6O4.Na/c16-14-19-12-9(7-17-21(12)15(25)20-14)3-6-11(22)18-10-4-1-8(2-5-10)13(23)24;/h1-2,4-5,7H,3,6H2,(H,18,22)(H,23,24)(H3,16,19,20,25);/q;+1/p-1. The summed E-state index contributed by atoms with van der Waals surface area (Å²) in [5, 5.41) is 17.2. The Hall–Kier alpha value is -2.69. The Bertz CT molecular complexity index is 1010. The minimum atomic E-state index is -1.28. The first-order valence-corrected chi connectivity index (χ1v) is 7.27. The summed E-state index contributed by atoms with van der Waals surface area (Å²) in [6.45, 7) is 0. The van der Waals surface area contributed by atoms with E-state index in [1.165, 1.54) is 30.5 Å². The molecule has 0 aliphatic carbocycles. The summed E-state index contributed by atoms with van der Waals surface area (Å²) < 4.78 is 1.07. The van der Waals surface area contributed by atoms with Crippen molar-refractivity contribution in [3.8, 4) is 0 Å². The average Bonchev–Trinajstić information content (AvgIpc) is 2.96. The van der Waals surface area contributed by atoms with Crippen molar-refractivity contribution in [1.82, 2.24) is 19.6 Å². The maximum absolute atomic E-state index is 12.0. The number of nitrogens with zero attached hydrogens (tertiary/aromatic N) is 3. The number of carboxylic acids is 1. The summed E-state index contributed by atoms with van der Waals surface area (Å²) in [5.41, 5.74) is 6.41. The van der Waals surface area contributed by atoms with Crippen LogP contribution in [-0.4, -0.2) is 31.5 Å². The molecule has 3 aromatic rings. The molecule has 2 heterocycles. The van der Waals surface area contributed by atoms with Crippen LogP contribution in [0.2, 0.25) is 0 Å². The Labute approximate surface area is 168 Å². The van der Waals surface area contributed by atoms with E-state index >= 15 is 0 Å². The predicted octanol–water partition coefficient (Wildman–Crippen LogP) is -4.06. The van der Waals surface area contributed by atoms with Gasteiger partial charge >= 0.3 is 35.2 Å². The fourth-order valence-corrected chi connectivity index (χ4v) is 2.29. The van der Waals surface area contributed by atoms with Crippen molar-refractivity contribution in [2.75, 3.05) is 11.1 Å². The number of aromatic amines is 1. The van der Waals surface area contributed by atoms with Crippen LogP contribution in [-0.2, 0) is 11.2 Å². The van der Waals surface area contributed by atoms with Gasteiger partial charge in [-0.1, -0.05) is 12.1 Å². The maximum Gasteiger partial charge on any atom is 1.00 e. The normalized spacial score (nSPS) is 10.3. The summed E-state index contributed by atoms with van der Waals surface area (Å²) >= 11 is 0. The van der Waals surface area contributed by atoms with Gasteiger partial charge in [-0.05, 0) is 24.1 Å². The Morgan fingerprint density at radius 1 is 1.27 bits per heavy atom. The van der Waals surface area contributed by atoms with Gasteiger partial charge in [0, 0.05) is 17.7 Å². The molecule has 0 aliphatic rings. The van der Waals surface area contributed by atoms with Crippen molar-refractivity contribution in [3.05, 3.63) is 52.1 Å². The smallest absolute Gasteiger partial charge is 0.545 e. The molecule has 0 bridgehead atoms. The number of nitrogens with one attached hydrogen (secondary N) is 2. The molecule has 0 aliphatic heterocycles. The molecule has 2 aromatic heterocycles. The van der Waals surface area contributed by atoms with E-state index in [2.05, 4.69) is 20.4 Å². The molecule has 26 heavy (non-hydrogen) atoms. The Morgan fingerprint density at radius 3 is 2.62 bits per heavy atom. The second-order valence-corrected chi connectivity index (χ2v) is 5.25. The summed E-state index contributed by atoms with van der Waals surface area (Å²) in [4.78, 5) is 40.7. The van der Waals surface area contributed by atoms with Crippen LogP contribution >= 0.6 is 0 Å². The van der Waals surface area contributed by atoms with Crippen LogP contribution in [0.15, 0.2) is 35.3 Å². The van der Waals surface area contributed by atoms with E-state index in [4.69, 9.17) is 5.73 Å². The topological polar surface area (TPSA) is 158 Å². The van der Waals surface area contributed by atoms with E-state index in [1.807, 2.05) is 0 Å². The number of nitrogens with two attached hydrogens (primary N) is 1. The molecule has 11 heteroatoms. The fraction of sp³-hybridized carbons (Fsp3) is 0.133. The Balaban J connectivity index is 0.00000243. The number of aromatic nitrogens is 4. The molecule has 3 rings (SSSR count). The molecule has 4 N–H and O–H groups in total. The SMILES string of the molecule is Nc1nc2c(CCC(=O)Nc3ccc(C(=O)[O-])cc3)cnn2c(=O)[nH]1.[Na+]. The van der Waals surface area contributed by atoms with Crippen molar-refractivity contribution in [2.24, 2.45) is 0 Å². The first-order chi connectivity index (χ1) is 11.9. The van der Waals surface area contributed by atoms with Crippen LogP contribution < -0.4 is 51.4 Å². The van der Waals surface area contributed by atoms with Gasteiger partial charge in [-0.25, -0.2) is 4.79 Å². The number of nitrogen functional groups attached to an aromatic ring is 1. The first-order valence-electron chi connectivity index (χ1n) is 7.27. The van der Waals surface area contributed by atoms with Gasteiger partial charge in [0.1, 0.15) is 0 Å². The quantitative estimate of drug-likeness (QED) is 0.389. The number of carbonyl (C=O) groups is 2. The molecular weight excluding hydrogens is 351 g/mol. The van der Waals surface area contributed by atoms with Crippen molar-refractivity contribution in [3.63, 3.8) is 0 Å². The van der Waals surface area contributed by atoms with Gasteiger partial charge in [-0.3, -0.25) is 9.78 Å². The number of rotatable bonds is 5. The third-order valence-corrected chi connectivity index (χ3v) is 3.50. The zero-order valence-corrected chi connectivity index (χ0v) is 15.9. The van der Waals surface area contributed by atoms with Gasteiger partial charge in [-0.2, -0.15) is 14.6 Å². The third kappa shape index (κ3) is 4.28. The summed E-state index contributed by atoms with van der Waals surface area (Å²) in [5.74, 6) is -1.59. The van der Waals surface area contributed by atoms with Crippen LogP contribution in [0.25, 0.3) is 5.65 Å². The van der Waals surface area contributed by atoms with E-state index in [0.717, 1.165) is 4.52 Å². The summed E-state index contributed by atoms with van der Waals surface area (Å²) in [6.07, 6.45) is 1.89. The predicted molar refractivity (Wildman–Crippen MR) is 85.7 cm³/mol. The molecule has 1 amide bonds.